The first-order valence-corrected chi connectivity index (χ1v) is 11.6. The molecule has 0 bridgehead atoms. The molecule has 3 aliphatic carbocycles. The van der Waals surface area contributed by atoms with Gasteiger partial charge in [-0.3, -0.25) is 0 Å². The molecule has 0 amide bonds. The third-order valence-corrected chi connectivity index (χ3v) is 7.74. The maximum absolute atomic E-state index is 5.84. The van der Waals surface area contributed by atoms with Crippen LogP contribution in [0, 0.1) is 29.6 Å². The number of ether oxygens (including phenoxy) is 1. The van der Waals surface area contributed by atoms with Crippen LogP contribution in [0.5, 0.6) is 5.75 Å². The van der Waals surface area contributed by atoms with Gasteiger partial charge in [0.1, 0.15) is 5.75 Å². The molecule has 5 unspecified atom stereocenters. The normalized spacial score (nSPS) is 33.5. The van der Waals surface area contributed by atoms with Crippen molar-refractivity contribution in [2.45, 2.75) is 78.1 Å². The minimum Gasteiger partial charge on any atom is -0.494 e. The number of fused-ring (bicyclic) bond motifs is 2. The van der Waals surface area contributed by atoms with Gasteiger partial charge in [0.05, 0.1) is 6.61 Å². The molecular formula is C26H38O. The van der Waals surface area contributed by atoms with Gasteiger partial charge in [0.2, 0.25) is 0 Å². The van der Waals surface area contributed by atoms with Crippen LogP contribution < -0.4 is 4.74 Å². The molecule has 1 nitrogen and oxygen atoms in total. The van der Waals surface area contributed by atoms with Crippen LogP contribution in [0.4, 0.5) is 0 Å². The van der Waals surface area contributed by atoms with Crippen LogP contribution in [0.15, 0.2) is 30.4 Å². The molecule has 2 saturated carbocycles. The van der Waals surface area contributed by atoms with E-state index in [9.17, 15) is 0 Å². The van der Waals surface area contributed by atoms with Gasteiger partial charge in [-0.05, 0) is 124 Å². The summed E-state index contributed by atoms with van der Waals surface area (Å²) in [6, 6.07) is 6.89. The summed E-state index contributed by atoms with van der Waals surface area (Å²) in [6.45, 7) is 5.19. The summed E-state index contributed by atoms with van der Waals surface area (Å²) in [4.78, 5) is 0. The number of aryl methyl sites for hydroxylation is 1. The molecule has 0 spiro atoms. The van der Waals surface area contributed by atoms with Crippen molar-refractivity contribution >= 4 is 0 Å². The fraction of sp³-hybridized carbons (Fsp3) is 0.692. The van der Waals surface area contributed by atoms with E-state index in [1.807, 2.05) is 0 Å². The van der Waals surface area contributed by atoms with Gasteiger partial charge < -0.3 is 4.74 Å². The van der Waals surface area contributed by atoms with Gasteiger partial charge in [-0.25, -0.2) is 0 Å². The highest BCUT2D eigenvalue weighted by molar-refractivity contribution is 5.37. The van der Waals surface area contributed by atoms with Crippen molar-refractivity contribution in [1.29, 1.82) is 0 Å². The Bertz CT molecular complexity index is 646. The van der Waals surface area contributed by atoms with Crippen LogP contribution in [0.3, 0.4) is 0 Å². The van der Waals surface area contributed by atoms with Crippen molar-refractivity contribution in [2.75, 3.05) is 6.61 Å². The second-order valence-electron chi connectivity index (χ2n) is 9.47. The van der Waals surface area contributed by atoms with Gasteiger partial charge >= 0.3 is 0 Å². The minimum absolute atomic E-state index is 0.834. The fourth-order valence-electron chi connectivity index (χ4n) is 6.31. The molecule has 0 aliphatic heterocycles. The standard InChI is InChI=1S/C26H38O/c1-3-5-19-6-7-21-16-22(9-8-20(21)15-19)23-10-11-25-18-26(27-14-4-2)13-12-24(25)17-23/h3,5,12-13,18-23H,4,6-11,14-17H2,1-2H3. The average molecular weight is 367 g/mol. The monoisotopic (exact) mass is 366 g/mol. The number of benzene rings is 1. The summed E-state index contributed by atoms with van der Waals surface area (Å²) >= 11 is 0. The van der Waals surface area contributed by atoms with Crippen molar-refractivity contribution in [3.63, 3.8) is 0 Å². The third-order valence-electron chi connectivity index (χ3n) is 7.74. The van der Waals surface area contributed by atoms with E-state index in [4.69, 9.17) is 4.74 Å². The topological polar surface area (TPSA) is 9.23 Å². The number of hydrogen-bond acceptors (Lipinski definition) is 1. The van der Waals surface area contributed by atoms with E-state index in [0.717, 1.165) is 48.4 Å². The zero-order valence-corrected chi connectivity index (χ0v) is 17.5. The van der Waals surface area contributed by atoms with Crippen LogP contribution >= 0.6 is 0 Å². The molecule has 148 valence electrons. The fourth-order valence-corrected chi connectivity index (χ4v) is 6.31. The Morgan fingerprint density at radius 3 is 2.52 bits per heavy atom. The van der Waals surface area contributed by atoms with Crippen molar-refractivity contribution in [3.05, 3.63) is 41.5 Å². The molecular weight excluding hydrogens is 328 g/mol. The lowest BCUT2D eigenvalue weighted by Crippen LogP contribution is -2.34. The number of hydrogen-bond donors (Lipinski definition) is 0. The third kappa shape index (κ3) is 4.44. The van der Waals surface area contributed by atoms with Gasteiger partial charge in [0.25, 0.3) is 0 Å². The van der Waals surface area contributed by atoms with Crippen LogP contribution in [0.25, 0.3) is 0 Å². The molecule has 4 rings (SSSR count). The highest BCUT2D eigenvalue weighted by Gasteiger charge is 2.38. The summed E-state index contributed by atoms with van der Waals surface area (Å²) in [5.74, 6) is 5.90. The molecule has 0 saturated heterocycles. The molecule has 3 aliphatic rings. The molecule has 27 heavy (non-hydrogen) atoms. The Labute approximate surface area is 166 Å². The lowest BCUT2D eigenvalue weighted by molar-refractivity contribution is 0.0810. The van der Waals surface area contributed by atoms with E-state index in [1.54, 1.807) is 11.1 Å². The van der Waals surface area contributed by atoms with Gasteiger partial charge in [0.15, 0.2) is 0 Å². The summed E-state index contributed by atoms with van der Waals surface area (Å²) in [6.07, 6.45) is 18.7. The SMILES string of the molecule is CC=CC1CCC2CC(C3CCc4cc(OCCC)ccc4C3)CCC2C1. The average Bonchev–Trinajstić information content (AvgIpc) is 2.71. The quantitative estimate of drug-likeness (QED) is 0.510. The van der Waals surface area contributed by atoms with Crippen molar-refractivity contribution < 1.29 is 4.74 Å². The van der Waals surface area contributed by atoms with Gasteiger partial charge in [-0.2, -0.15) is 0 Å². The van der Waals surface area contributed by atoms with E-state index in [0.29, 0.717) is 0 Å². The van der Waals surface area contributed by atoms with Crippen LogP contribution in [-0.4, -0.2) is 6.61 Å². The molecule has 0 N–H and O–H groups in total. The largest absolute Gasteiger partial charge is 0.494 e. The maximum atomic E-state index is 5.84. The first-order valence-electron chi connectivity index (χ1n) is 11.6. The molecule has 1 heteroatoms. The summed E-state index contributed by atoms with van der Waals surface area (Å²) < 4.78 is 5.84. The molecule has 0 aromatic heterocycles. The van der Waals surface area contributed by atoms with Crippen molar-refractivity contribution in [1.82, 2.24) is 0 Å². The predicted molar refractivity (Wildman–Crippen MR) is 114 cm³/mol. The highest BCUT2D eigenvalue weighted by Crippen LogP contribution is 2.48. The predicted octanol–water partition coefficient (Wildman–Crippen LogP) is 6.99. The smallest absolute Gasteiger partial charge is 0.119 e. The Hall–Kier alpha value is -1.24. The van der Waals surface area contributed by atoms with Crippen molar-refractivity contribution in [2.24, 2.45) is 29.6 Å². The maximum Gasteiger partial charge on any atom is 0.119 e. The Morgan fingerprint density at radius 1 is 0.926 bits per heavy atom. The second kappa shape index (κ2) is 8.84. The van der Waals surface area contributed by atoms with Gasteiger partial charge in [-0.15, -0.1) is 0 Å². The van der Waals surface area contributed by atoms with Crippen LogP contribution in [-0.2, 0) is 12.8 Å². The van der Waals surface area contributed by atoms with Crippen LogP contribution in [0.2, 0.25) is 0 Å². The molecule has 2 fully saturated rings. The molecule has 5 atom stereocenters. The Kier molecular flexibility index (Phi) is 6.25. The zero-order chi connectivity index (χ0) is 18.6. The number of allylic oxidation sites excluding steroid dienone is 2. The first kappa shape index (κ1) is 19.1. The zero-order valence-electron chi connectivity index (χ0n) is 17.5. The Morgan fingerprint density at radius 2 is 1.70 bits per heavy atom. The van der Waals surface area contributed by atoms with E-state index >= 15 is 0 Å². The number of rotatable bonds is 5. The Balaban J connectivity index is 1.35. The van der Waals surface area contributed by atoms with Gasteiger partial charge in [-0.1, -0.05) is 25.1 Å². The second-order valence-corrected chi connectivity index (χ2v) is 9.47. The van der Waals surface area contributed by atoms with E-state index in [-0.39, 0.29) is 0 Å². The first-order chi connectivity index (χ1) is 13.3. The van der Waals surface area contributed by atoms with E-state index in [2.05, 4.69) is 44.2 Å². The summed E-state index contributed by atoms with van der Waals surface area (Å²) in [5.41, 5.74) is 3.16. The minimum atomic E-state index is 0.834. The lowest BCUT2D eigenvalue weighted by Gasteiger charge is -2.44. The van der Waals surface area contributed by atoms with E-state index in [1.165, 1.54) is 57.8 Å². The molecule has 1 aromatic rings. The van der Waals surface area contributed by atoms with E-state index < -0.39 is 0 Å². The summed E-state index contributed by atoms with van der Waals surface area (Å²) in [5, 5.41) is 0. The molecule has 0 radical (unpaired) electrons. The summed E-state index contributed by atoms with van der Waals surface area (Å²) in [7, 11) is 0. The lowest BCUT2D eigenvalue weighted by atomic mass is 9.61. The molecule has 1 aromatic carbocycles. The van der Waals surface area contributed by atoms with Gasteiger partial charge in [0, 0.05) is 0 Å². The highest BCUT2D eigenvalue weighted by atomic mass is 16.5. The molecule has 0 heterocycles. The van der Waals surface area contributed by atoms with Crippen molar-refractivity contribution in [3.8, 4) is 5.75 Å². The van der Waals surface area contributed by atoms with Crippen LogP contribution in [0.1, 0.15) is 76.3 Å².